The zero-order valence-electron chi connectivity index (χ0n) is 32.4. The van der Waals surface area contributed by atoms with Crippen LogP contribution in [0.5, 0.6) is 0 Å². The van der Waals surface area contributed by atoms with Gasteiger partial charge in [0.15, 0.2) is 5.65 Å². The topological polar surface area (TPSA) is 169 Å². The Hall–Kier alpha value is -6.70. The van der Waals surface area contributed by atoms with E-state index in [0.717, 1.165) is 56.9 Å². The van der Waals surface area contributed by atoms with E-state index in [1.54, 1.807) is 43.4 Å². The minimum absolute atomic E-state index is 0.0342. The lowest BCUT2D eigenvalue weighted by molar-refractivity contribution is -0.138. The van der Waals surface area contributed by atoms with E-state index in [0.29, 0.717) is 43.3 Å². The summed E-state index contributed by atoms with van der Waals surface area (Å²) in [6, 6.07) is 18.3. The van der Waals surface area contributed by atoms with Crippen LogP contribution in [0.15, 0.2) is 73.1 Å². The van der Waals surface area contributed by atoms with Gasteiger partial charge in [0, 0.05) is 75.3 Å². The predicted octanol–water partition coefficient (Wildman–Crippen LogP) is 4.55. The van der Waals surface area contributed by atoms with Crippen LogP contribution in [0.4, 0.5) is 5.69 Å². The Kier molecular flexibility index (Phi) is 9.13. The number of aromatic nitrogens is 3. The number of fused-ring (bicyclic) bond motifs is 2. The van der Waals surface area contributed by atoms with E-state index in [-0.39, 0.29) is 41.7 Å². The summed E-state index contributed by atoms with van der Waals surface area (Å²) in [5, 5.41) is 2.22. The Labute approximate surface area is 334 Å². The van der Waals surface area contributed by atoms with Crippen molar-refractivity contribution in [2.24, 2.45) is 5.92 Å². The molecule has 3 fully saturated rings. The third kappa shape index (κ3) is 6.38. The van der Waals surface area contributed by atoms with Crippen LogP contribution in [0.1, 0.15) is 73.8 Å². The van der Waals surface area contributed by atoms with E-state index in [2.05, 4.69) is 39.6 Å². The van der Waals surface area contributed by atoms with Crippen molar-refractivity contribution in [2.75, 3.05) is 45.2 Å². The average molecular weight is 779 g/mol. The number of rotatable bonds is 7. The predicted molar refractivity (Wildman–Crippen MR) is 215 cm³/mol. The molecular formula is C44H42N8O6. The van der Waals surface area contributed by atoms with Gasteiger partial charge in [-0.25, -0.2) is 9.97 Å². The van der Waals surface area contributed by atoms with Crippen LogP contribution in [0.3, 0.4) is 0 Å². The molecule has 5 aromatic rings. The summed E-state index contributed by atoms with van der Waals surface area (Å²) < 4.78 is 0. The van der Waals surface area contributed by atoms with Crippen molar-refractivity contribution in [3.63, 3.8) is 0 Å². The maximum atomic E-state index is 13.5. The van der Waals surface area contributed by atoms with Crippen molar-refractivity contribution in [3.8, 4) is 22.4 Å². The lowest BCUT2D eigenvalue weighted by atomic mass is 9.87. The zero-order valence-corrected chi connectivity index (χ0v) is 32.4. The Morgan fingerprint density at radius 1 is 0.828 bits per heavy atom. The number of nitrogens with zero attached hydrogens (tertiary/aromatic N) is 6. The second-order valence-electron chi connectivity index (χ2n) is 15.9. The molecule has 1 atom stereocenters. The molecule has 0 saturated carbocycles. The fourth-order valence-corrected chi connectivity index (χ4v) is 8.68. The van der Waals surface area contributed by atoms with Crippen molar-refractivity contribution in [1.82, 2.24) is 35.0 Å². The van der Waals surface area contributed by atoms with Gasteiger partial charge in [-0.1, -0.05) is 36.4 Å². The summed E-state index contributed by atoms with van der Waals surface area (Å²) in [6.45, 7) is 4.32. The van der Waals surface area contributed by atoms with Gasteiger partial charge >= 0.3 is 0 Å². The van der Waals surface area contributed by atoms with Gasteiger partial charge in [0.25, 0.3) is 17.7 Å². The number of hydrogen-bond acceptors (Lipinski definition) is 9. The number of amides is 6. The molecule has 6 heterocycles. The molecule has 2 aromatic heterocycles. The minimum atomic E-state index is -1.01. The summed E-state index contributed by atoms with van der Waals surface area (Å²) in [4.78, 5) is 95.9. The second kappa shape index (κ2) is 14.4. The van der Waals surface area contributed by atoms with Crippen LogP contribution >= 0.6 is 0 Å². The monoisotopic (exact) mass is 778 g/mol. The van der Waals surface area contributed by atoms with Crippen LogP contribution < -0.4 is 10.2 Å². The van der Waals surface area contributed by atoms with Crippen LogP contribution in [-0.4, -0.2) is 111 Å². The fourth-order valence-electron chi connectivity index (χ4n) is 8.68. The number of hydrogen-bond donors (Lipinski definition) is 2. The Balaban J connectivity index is 0.799. The van der Waals surface area contributed by atoms with Crippen molar-refractivity contribution in [2.45, 2.75) is 44.6 Å². The molecule has 14 heteroatoms. The first-order valence-corrected chi connectivity index (χ1v) is 19.6. The molecular weight excluding hydrogens is 737 g/mol. The SMILES string of the molecule is Cc1cc(-c2c[nH]c3ncc(-c4ccc(C5CCN(C(=O)C6CN(c7ccc8c(c7)C(=O)N(C7CCC(=O)NC7=O)C8=O)C6)CC5)cc4)nc23)ccc1C(=O)N(C)C. The van der Waals surface area contributed by atoms with Gasteiger partial charge in [-0.15, -0.1) is 0 Å². The number of carbonyl (C=O) groups excluding carboxylic acids is 6. The molecule has 0 spiro atoms. The number of anilines is 1. The van der Waals surface area contributed by atoms with Crippen molar-refractivity contribution < 1.29 is 28.8 Å². The first-order valence-electron chi connectivity index (χ1n) is 19.6. The largest absolute Gasteiger partial charge is 0.370 e. The van der Waals surface area contributed by atoms with Gasteiger partial charge in [0.05, 0.1) is 28.9 Å². The fraction of sp³-hybridized carbons (Fsp3) is 0.318. The highest BCUT2D eigenvalue weighted by Crippen LogP contribution is 2.36. The molecule has 3 aromatic carbocycles. The lowest BCUT2D eigenvalue weighted by Crippen LogP contribution is -2.55. The first kappa shape index (κ1) is 36.9. The quantitative estimate of drug-likeness (QED) is 0.225. The Morgan fingerprint density at radius 3 is 2.26 bits per heavy atom. The standard InChI is InChI=1S/C44H42N8O6/c1-24-18-28(8-10-31(24)42(56)49(2)3)34-20-45-39-38(34)47-35(21-46-39)27-6-4-25(5-7-27)26-14-16-50(17-15-26)41(55)29-22-51(23-29)30-9-11-32-33(19-30)44(58)52(43(32)57)36-12-13-37(53)48-40(36)54/h4-11,18-21,26,29,36H,12-17,22-23H2,1-3H3,(H,45,46)(H,48,53,54). The Morgan fingerprint density at radius 2 is 1.55 bits per heavy atom. The number of imide groups is 2. The van der Waals surface area contributed by atoms with E-state index >= 15 is 0 Å². The molecule has 14 nitrogen and oxygen atoms in total. The minimum Gasteiger partial charge on any atom is -0.370 e. The molecule has 58 heavy (non-hydrogen) atoms. The molecule has 0 bridgehead atoms. The smallest absolute Gasteiger partial charge is 0.262 e. The molecule has 0 aliphatic carbocycles. The van der Waals surface area contributed by atoms with Crippen molar-refractivity contribution in [3.05, 3.63) is 101 Å². The zero-order chi connectivity index (χ0) is 40.4. The maximum Gasteiger partial charge on any atom is 0.262 e. The summed E-state index contributed by atoms with van der Waals surface area (Å²) in [5.74, 6) is -1.86. The number of benzene rings is 3. The maximum absolute atomic E-state index is 13.5. The molecule has 6 amide bonds. The molecule has 0 radical (unpaired) electrons. The summed E-state index contributed by atoms with van der Waals surface area (Å²) in [6.07, 6.45) is 5.57. The van der Waals surface area contributed by atoms with Crippen LogP contribution in [0.2, 0.25) is 0 Å². The summed E-state index contributed by atoms with van der Waals surface area (Å²) >= 11 is 0. The van der Waals surface area contributed by atoms with E-state index in [1.165, 1.54) is 5.56 Å². The van der Waals surface area contributed by atoms with Crippen LogP contribution in [0.25, 0.3) is 33.5 Å². The van der Waals surface area contributed by atoms with Gasteiger partial charge in [-0.3, -0.25) is 39.0 Å². The van der Waals surface area contributed by atoms with Crippen LogP contribution in [0, 0.1) is 12.8 Å². The summed E-state index contributed by atoms with van der Waals surface area (Å²) in [5.41, 5.74) is 9.05. The molecule has 3 saturated heterocycles. The lowest BCUT2D eigenvalue weighted by Gasteiger charge is -2.43. The van der Waals surface area contributed by atoms with E-state index in [9.17, 15) is 28.8 Å². The number of aromatic amines is 1. The van der Waals surface area contributed by atoms with E-state index < -0.39 is 29.7 Å². The highest BCUT2D eigenvalue weighted by atomic mass is 16.2. The van der Waals surface area contributed by atoms with Crippen molar-refractivity contribution in [1.29, 1.82) is 0 Å². The van der Waals surface area contributed by atoms with Gasteiger partial charge < -0.3 is 19.7 Å². The van der Waals surface area contributed by atoms with E-state index in [1.807, 2.05) is 41.1 Å². The van der Waals surface area contributed by atoms with Gasteiger partial charge in [0.2, 0.25) is 17.7 Å². The molecule has 2 N–H and O–H groups in total. The number of aryl methyl sites for hydroxylation is 1. The third-order valence-corrected chi connectivity index (χ3v) is 12.1. The average Bonchev–Trinajstić information content (AvgIpc) is 3.74. The van der Waals surface area contributed by atoms with Crippen LogP contribution in [-0.2, 0) is 14.4 Å². The second-order valence-corrected chi connectivity index (χ2v) is 15.9. The van der Waals surface area contributed by atoms with Crippen molar-refractivity contribution >= 4 is 52.3 Å². The number of likely N-dealkylation sites (tertiary alicyclic amines) is 1. The number of H-pyrrole nitrogens is 1. The van der Waals surface area contributed by atoms with Gasteiger partial charge in [-0.05, 0) is 73.1 Å². The molecule has 1 unspecified atom stereocenters. The number of carbonyl (C=O) groups is 6. The Bertz CT molecular complexity index is 2550. The van der Waals surface area contributed by atoms with Gasteiger partial charge in [0.1, 0.15) is 11.6 Å². The molecule has 4 aliphatic rings. The normalized spacial score (nSPS) is 18.7. The third-order valence-electron chi connectivity index (χ3n) is 12.1. The van der Waals surface area contributed by atoms with Gasteiger partial charge in [-0.2, -0.15) is 0 Å². The first-order chi connectivity index (χ1) is 27.9. The highest BCUT2D eigenvalue weighted by Gasteiger charge is 2.45. The summed E-state index contributed by atoms with van der Waals surface area (Å²) in [7, 11) is 3.49. The number of piperidine rings is 2. The van der Waals surface area contributed by atoms with E-state index in [4.69, 9.17) is 4.98 Å². The number of nitrogens with one attached hydrogen (secondary N) is 2. The molecule has 294 valence electrons. The molecule has 4 aliphatic heterocycles. The highest BCUT2D eigenvalue weighted by molar-refractivity contribution is 6.23. The molecule has 9 rings (SSSR count).